The Morgan fingerprint density at radius 3 is 2.31 bits per heavy atom. The molecule has 1 aliphatic heterocycles. The second-order valence-electron chi connectivity index (χ2n) is 7.29. The van der Waals surface area contributed by atoms with Crippen LogP contribution < -0.4 is 10.9 Å². The molecule has 1 N–H and O–H groups in total. The van der Waals surface area contributed by atoms with Crippen molar-refractivity contribution in [1.29, 1.82) is 0 Å². The highest BCUT2D eigenvalue weighted by atomic mass is 16.2. The van der Waals surface area contributed by atoms with E-state index < -0.39 is 0 Å². The van der Waals surface area contributed by atoms with Crippen molar-refractivity contribution >= 4 is 5.91 Å². The van der Waals surface area contributed by atoms with Gasteiger partial charge in [0.1, 0.15) is 5.69 Å². The Morgan fingerprint density at radius 1 is 0.897 bits per heavy atom. The van der Waals surface area contributed by atoms with E-state index in [1.807, 2.05) is 30.3 Å². The number of carbonyl (C=O) groups excluding carboxylic acids is 1. The van der Waals surface area contributed by atoms with Crippen molar-refractivity contribution in [2.75, 3.05) is 13.1 Å². The highest BCUT2D eigenvalue weighted by molar-refractivity contribution is 5.92. The van der Waals surface area contributed by atoms with Crippen molar-refractivity contribution in [3.63, 3.8) is 0 Å². The molecule has 1 saturated heterocycles. The molecule has 0 unspecified atom stereocenters. The van der Waals surface area contributed by atoms with Crippen molar-refractivity contribution in [2.24, 2.45) is 0 Å². The zero-order valence-corrected chi connectivity index (χ0v) is 16.3. The van der Waals surface area contributed by atoms with Crippen LogP contribution in [0.15, 0.2) is 71.5 Å². The predicted molar refractivity (Wildman–Crippen MR) is 112 cm³/mol. The van der Waals surface area contributed by atoms with Crippen LogP contribution in [0.4, 0.5) is 0 Å². The van der Waals surface area contributed by atoms with Crippen LogP contribution in [0.3, 0.4) is 0 Å². The van der Waals surface area contributed by atoms with Crippen molar-refractivity contribution < 1.29 is 4.79 Å². The molecule has 2 heterocycles. The summed E-state index contributed by atoms with van der Waals surface area (Å²) in [5.74, 6) is -0.309. The van der Waals surface area contributed by atoms with Gasteiger partial charge in [-0.25, -0.2) is 0 Å². The summed E-state index contributed by atoms with van der Waals surface area (Å²) in [6.45, 7) is 3.75. The topological polar surface area (TPSA) is 67.2 Å². The maximum absolute atomic E-state index is 12.5. The van der Waals surface area contributed by atoms with Crippen LogP contribution in [0.5, 0.6) is 0 Å². The fraction of sp³-hybridized carbons (Fsp3) is 0.261. The van der Waals surface area contributed by atoms with Crippen LogP contribution in [0.1, 0.15) is 34.5 Å². The lowest BCUT2D eigenvalue weighted by Crippen LogP contribution is -2.28. The van der Waals surface area contributed by atoms with Gasteiger partial charge in [0.25, 0.3) is 11.5 Å². The van der Waals surface area contributed by atoms with E-state index in [0.717, 1.165) is 12.1 Å². The summed E-state index contributed by atoms with van der Waals surface area (Å²) in [4.78, 5) is 27.1. The summed E-state index contributed by atoms with van der Waals surface area (Å²) < 4.78 is 1.24. The molecule has 29 heavy (non-hydrogen) atoms. The molecule has 0 radical (unpaired) electrons. The van der Waals surface area contributed by atoms with Gasteiger partial charge in [-0.3, -0.25) is 14.5 Å². The molecule has 1 aliphatic rings. The van der Waals surface area contributed by atoms with Gasteiger partial charge in [0.15, 0.2) is 0 Å². The fourth-order valence-corrected chi connectivity index (χ4v) is 3.52. The average Bonchev–Trinajstić information content (AvgIpc) is 3.27. The number of rotatable bonds is 6. The third-order valence-electron chi connectivity index (χ3n) is 5.11. The molecule has 4 rings (SSSR count). The van der Waals surface area contributed by atoms with E-state index in [-0.39, 0.29) is 17.2 Å². The van der Waals surface area contributed by atoms with Gasteiger partial charge in [0.05, 0.1) is 5.69 Å². The van der Waals surface area contributed by atoms with Crippen molar-refractivity contribution in [2.45, 2.75) is 25.9 Å². The van der Waals surface area contributed by atoms with E-state index >= 15 is 0 Å². The highest BCUT2D eigenvalue weighted by Crippen LogP contribution is 2.13. The Hall–Kier alpha value is -3.25. The Labute approximate surface area is 169 Å². The Morgan fingerprint density at radius 2 is 1.59 bits per heavy atom. The predicted octanol–water partition coefficient (Wildman–Crippen LogP) is 2.76. The van der Waals surface area contributed by atoms with Gasteiger partial charge < -0.3 is 5.32 Å². The monoisotopic (exact) mass is 388 g/mol. The number of nitrogens with zero attached hydrogens (tertiary/aromatic N) is 3. The SMILES string of the molecule is O=C(NCc1ccc(CN2CCCC2)cc1)c1ccc(=O)n(-c2ccccc2)n1. The van der Waals surface area contributed by atoms with Crippen molar-refractivity contribution in [3.05, 3.63) is 93.9 Å². The molecule has 148 valence electrons. The van der Waals surface area contributed by atoms with Gasteiger partial charge >= 0.3 is 0 Å². The number of aromatic nitrogens is 2. The molecule has 0 atom stereocenters. The number of para-hydroxylation sites is 1. The minimum atomic E-state index is -0.309. The van der Waals surface area contributed by atoms with Crippen LogP contribution in [0.25, 0.3) is 5.69 Å². The fourth-order valence-electron chi connectivity index (χ4n) is 3.52. The summed E-state index contributed by atoms with van der Waals surface area (Å²) in [6.07, 6.45) is 2.57. The zero-order valence-electron chi connectivity index (χ0n) is 16.3. The third kappa shape index (κ3) is 4.78. The first kappa shape index (κ1) is 19.1. The molecule has 1 amide bonds. The number of carbonyl (C=O) groups is 1. The third-order valence-corrected chi connectivity index (χ3v) is 5.11. The maximum Gasteiger partial charge on any atom is 0.272 e. The van der Waals surface area contributed by atoms with E-state index in [9.17, 15) is 9.59 Å². The number of benzene rings is 2. The lowest BCUT2D eigenvalue weighted by molar-refractivity contribution is 0.0944. The first-order chi connectivity index (χ1) is 14.2. The molecule has 1 fully saturated rings. The summed E-state index contributed by atoms with van der Waals surface area (Å²) >= 11 is 0. The smallest absolute Gasteiger partial charge is 0.272 e. The molecule has 0 saturated carbocycles. The van der Waals surface area contributed by atoms with Gasteiger partial charge in [-0.15, -0.1) is 0 Å². The number of hydrogen-bond donors (Lipinski definition) is 1. The van der Waals surface area contributed by atoms with Crippen LogP contribution in [0, 0.1) is 0 Å². The normalized spacial score (nSPS) is 14.1. The number of hydrogen-bond acceptors (Lipinski definition) is 4. The highest BCUT2D eigenvalue weighted by Gasteiger charge is 2.12. The zero-order chi connectivity index (χ0) is 20.1. The molecule has 6 nitrogen and oxygen atoms in total. The first-order valence-corrected chi connectivity index (χ1v) is 9.93. The maximum atomic E-state index is 12.5. The summed E-state index contributed by atoms with van der Waals surface area (Å²) in [5.41, 5.74) is 2.87. The van der Waals surface area contributed by atoms with E-state index in [1.54, 1.807) is 12.1 Å². The molecule has 3 aromatic rings. The lowest BCUT2D eigenvalue weighted by Gasteiger charge is -2.14. The molecule has 0 bridgehead atoms. The minimum absolute atomic E-state index is 0.208. The van der Waals surface area contributed by atoms with Gasteiger partial charge in [-0.05, 0) is 55.3 Å². The van der Waals surface area contributed by atoms with Crippen LogP contribution in [-0.2, 0) is 13.1 Å². The largest absolute Gasteiger partial charge is 0.347 e. The van der Waals surface area contributed by atoms with Gasteiger partial charge in [0.2, 0.25) is 0 Å². The van der Waals surface area contributed by atoms with E-state index in [4.69, 9.17) is 0 Å². The summed E-state index contributed by atoms with van der Waals surface area (Å²) in [7, 11) is 0. The molecule has 2 aromatic carbocycles. The number of likely N-dealkylation sites (tertiary alicyclic amines) is 1. The Balaban J connectivity index is 1.39. The summed E-state index contributed by atoms with van der Waals surface area (Å²) in [5, 5.41) is 7.09. The molecular weight excluding hydrogens is 364 g/mol. The van der Waals surface area contributed by atoms with Crippen LogP contribution >= 0.6 is 0 Å². The summed E-state index contributed by atoms with van der Waals surface area (Å²) in [6, 6.07) is 20.2. The first-order valence-electron chi connectivity index (χ1n) is 9.93. The molecule has 0 aliphatic carbocycles. The van der Waals surface area contributed by atoms with Gasteiger partial charge in [-0.1, -0.05) is 42.5 Å². The lowest BCUT2D eigenvalue weighted by atomic mass is 10.1. The Kier molecular flexibility index (Phi) is 5.81. The van der Waals surface area contributed by atoms with E-state index in [2.05, 4.69) is 27.4 Å². The van der Waals surface area contributed by atoms with Crippen molar-refractivity contribution in [3.8, 4) is 5.69 Å². The molecule has 6 heteroatoms. The second kappa shape index (κ2) is 8.84. The molecule has 0 spiro atoms. The quantitative estimate of drug-likeness (QED) is 0.705. The number of amides is 1. The van der Waals surface area contributed by atoms with Crippen molar-refractivity contribution in [1.82, 2.24) is 20.0 Å². The molecular formula is C23H24N4O2. The van der Waals surface area contributed by atoms with Gasteiger partial charge in [-0.2, -0.15) is 9.78 Å². The van der Waals surface area contributed by atoms with E-state index in [0.29, 0.717) is 12.2 Å². The van der Waals surface area contributed by atoms with Gasteiger partial charge in [0, 0.05) is 19.2 Å². The number of nitrogens with one attached hydrogen (secondary N) is 1. The van der Waals surface area contributed by atoms with Crippen LogP contribution in [0.2, 0.25) is 0 Å². The van der Waals surface area contributed by atoms with Crippen LogP contribution in [-0.4, -0.2) is 33.7 Å². The molecule has 1 aromatic heterocycles. The minimum Gasteiger partial charge on any atom is -0.347 e. The Bertz CT molecular complexity index is 1020. The average molecular weight is 388 g/mol. The second-order valence-corrected chi connectivity index (χ2v) is 7.29. The standard InChI is InChI=1S/C23H24N4O2/c28-22-13-12-21(25-27(22)20-6-2-1-3-7-20)23(29)24-16-18-8-10-19(11-9-18)17-26-14-4-5-15-26/h1-3,6-13H,4-5,14-17H2,(H,24,29). The van der Waals surface area contributed by atoms with E-state index in [1.165, 1.54) is 48.3 Å².